The van der Waals surface area contributed by atoms with Gasteiger partial charge in [0.2, 0.25) is 5.91 Å². The summed E-state index contributed by atoms with van der Waals surface area (Å²) in [6, 6.07) is 6.36. The monoisotopic (exact) mass is 269 g/mol. The Kier molecular flexibility index (Phi) is 5.32. The normalized spacial score (nSPS) is 9.83. The molecular formula is C12H12ClNO4. The number of hydrogen-bond donors (Lipinski definition) is 2. The van der Waals surface area contributed by atoms with Crippen molar-refractivity contribution >= 4 is 29.3 Å². The second-order valence-electron chi connectivity index (χ2n) is 3.60. The molecule has 1 amide bonds. The summed E-state index contributed by atoms with van der Waals surface area (Å²) >= 11 is 5.68. The minimum atomic E-state index is -1.12. The summed E-state index contributed by atoms with van der Waals surface area (Å²) in [6.45, 7) is -0.437. The van der Waals surface area contributed by atoms with Crippen LogP contribution >= 0.6 is 11.6 Å². The molecule has 0 atom stereocenters. The third-order valence-corrected chi connectivity index (χ3v) is 2.43. The minimum Gasteiger partial charge on any atom is -0.480 e. The van der Waals surface area contributed by atoms with Crippen LogP contribution in [0.4, 0.5) is 0 Å². The van der Waals surface area contributed by atoms with E-state index in [1.165, 1.54) is 0 Å². The van der Waals surface area contributed by atoms with Gasteiger partial charge in [-0.05, 0) is 24.3 Å². The van der Waals surface area contributed by atoms with Crippen molar-refractivity contribution in [3.8, 4) is 0 Å². The van der Waals surface area contributed by atoms with Crippen LogP contribution in [0.2, 0.25) is 5.02 Å². The molecule has 6 heteroatoms. The van der Waals surface area contributed by atoms with Crippen LogP contribution in [0.25, 0.3) is 0 Å². The maximum atomic E-state index is 11.7. The Morgan fingerprint density at radius 2 is 1.72 bits per heavy atom. The number of Topliss-reactive ketones (excluding diaryl/α,β-unsaturated/α-hetero) is 1. The summed E-state index contributed by atoms with van der Waals surface area (Å²) in [4.78, 5) is 33.0. The van der Waals surface area contributed by atoms with E-state index in [9.17, 15) is 14.4 Å². The van der Waals surface area contributed by atoms with Crippen molar-refractivity contribution in [3.63, 3.8) is 0 Å². The molecule has 0 aliphatic heterocycles. The first-order valence-electron chi connectivity index (χ1n) is 5.26. The molecule has 0 heterocycles. The molecule has 0 radical (unpaired) electrons. The second-order valence-corrected chi connectivity index (χ2v) is 4.04. The Balaban J connectivity index is 2.39. The summed E-state index contributed by atoms with van der Waals surface area (Å²) in [5.74, 6) is -1.76. The zero-order valence-corrected chi connectivity index (χ0v) is 10.2. The molecule has 0 bridgehead atoms. The Morgan fingerprint density at radius 1 is 1.11 bits per heavy atom. The highest BCUT2D eigenvalue weighted by molar-refractivity contribution is 6.30. The number of halogens is 1. The number of nitrogens with one attached hydrogen (secondary N) is 1. The van der Waals surface area contributed by atoms with Crippen LogP contribution in [-0.4, -0.2) is 29.3 Å². The molecule has 1 aromatic carbocycles. The second kappa shape index (κ2) is 6.76. The number of ketones is 1. The van der Waals surface area contributed by atoms with Gasteiger partial charge in [-0.3, -0.25) is 14.4 Å². The first-order chi connectivity index (χ1) is 8.49. The number of carboxylic acids is 1. The van der Waals surface area contributed by atoms with E-state index in [1.54, 1.807) is 24.3 Å². The minimum absolute atomic E-state index is 0.0330. The molecule has 0 saturated heterocycles. The summed E-state index contributed by atoms with van der Waals surface area (Å²) in [7, 11) is 0. The number of aliphatic carboxylic acids is 1. The molecule has 18 heavy (non-hydrogen) atoms. The number of rotatable bonds is 6. The lowest BCUT2D eigenvalue weighted by Gasteiger charge is -2.02. The van der Waals surface area contributed by atoms with Crippen molar-refractivity contribution in [1.82, 2.24) is 5.32 Å². The SMILES string of the molecule is O=C(O)CNC(=O)CCC(=O)c1ccc(Cl)cc1. The number of amides is 1. The number of carbonyl (C=O) groups is 3. The number of benzene rings is 1. The van der Waals surface area contributed by atoms with Crippen LogP contribution in [0.15, 0.2) is 24.3 Å². The molecule has 96 valence electrons. The lowest BCUT2D eigenvalue weighted by Crippen LogP contribution is -2.29. The van der Waals surface area contributed by atoms with E-state index in [0.717, 1.165) is 0 Å². The van der Waals surface area contributed by atoms with Gasteiger partial charge < -0.3 is 10.4 Å². The van der Waals surface area contributed by atoms with Crippen LogP contribution in [0, 0.1) is 0 Å². The van der Waals surface area contributed by atoms with Crippen molar-refractivity contribution in [2.24, 2.45) is 0 Å². The molecule has 0 spiro atoms. The van der Waals surface area contributed by atoms with Gasteiger partial charge in [-0.25, -0.2) is 0 Å². The van der Waals surface area contributed by atoms with Crippen LogP contribution in [-0.2, 0) is 9.59 Å². The van der Waals surface area contributed by atoms with Gasteiger partial charge in [0.25, 0.3) is 0 Å². The Hall–Kier alpha value is -1.88. The maximum absolute atomic E-state index is 11.7. The van der Waals surface area contributed by atoms with Crippen LogP contribution < -0.4 is 5.32 Å². The van der Waals surface area contributed by atoms with Gasteiger partial charge in [-0.15, -0.1) is 0 Å². The van der Waals surface area contributed by atoms with Crippen molar-refractivity contribution in [2.45, 2.75) is 12.8 Å². The first kappa shape index (κ1) is 14.2. The van der Waals surface area contributed by atoms with E-state index in [4.69, 9.17) is 16.7 Å². The molecule has 0 aliphatic rings. The third-order valence-electron chi connectivity index (χ3n) is 2.18. The zero-order chi connectivity index (χ0) is 13.5. The summed E-state index contributed by atoms with van der Waals surface area (Å²) in [6.07, 6.45) is 0.00181. The van der Waals surface area contributed by atoms with Gasteiger partial charge in [0, 0.05) is 23.4 Å². The molecule has 0 saturated carbocycles. The van der Waals surface area contributed by atoms with Gasteiger partial charge in [-0.2, -0.15) is 0 Å². The number of carboxylic acid groups (broad SMARTS) is 1. The van der Waals surface area contributed by atoms with Gasteiger partial charge in [0.15, 0.2) is 5.78 Å². The molecule has 5 nitrogen and oxygen atoms in total. The van der Waals surface area contributed by atoms with E-state index in [1.807, 2.05) is 0 Å². The predicted molar refractivity (Wildman–Crippen MR) is 65.7 cm³/mol. The topological polar surface area (TPSA) is 83.5 Å². The fourth-order valence-corrected chi connectivity index (χ4v) is 1.40. The van der Waals surface area contributed by atoms with Gasteiger partial charge in [-0.1, -0.05) is 11.6 Å². The molecule has 0 aliphatic carbocycles. The van der Waals surface area contributed by atoms with E-state index in [2.05, 4.69) is 5.32 Å². The fraction of sp³-hybridized carbons (Fsp3) is 0.250. The summed E-state index contributed by atoms with van der Waals surface area (Å²) < 4.78 is 0. The lowest BCUT2D eigenvalue weighted by atomic mass is 10.1. The highest BCUT2D eigenvalue weighted by Gasteiger charge is 2.09. The highest BCUT2D eigenvalue weighted by Crippen LogP contribution is 2.11. The standard InChI is InChI=1S/C12H12ClNO4/c13-9-3-1-8(2-4-9)10(15)5-6-11(16)14-7-12(17)18/h1-4H,5-7H2,(H,14,16)(H,17,18). The first-order valence-corrected chi connectivity index (χ1v) is 5.64. The van der Waals surface area contributed by atoms with Gasteiger partial charge in [0.05, 0.1) is 0 Å². The summed E-state index contributed by atoms with van der Waals surface area (Å²) in [5, 5.41) is 11.1. The molecule has 2 N–H and O–H groups in total. The van der Waals surface area contributed by atoms with Gasteiger partial charge >= 0.3 is 5.97 Å². The lowest BCUT2D eigenvalue weighted by molar-refractivity contribution is -0.137. The predicted octanol–water partition coefficient (Wildman–Crippen LogP) is 1.50. The van der Waals surface area contributed by atoms with E-state index in [-0.39, 0.29) is 18.6 Å². The molecule has 1 aromatic rings. The molecule has 1 rings (SSSR count). The van der Waals surface area contributed by atoms with Crippen molar-refractivity contribution in [2.75, 3.05) is 6.54 Å². The van der Waals surface area contributed by atoms with E-state index < -0.39 is 18.4 Å². The van der Waals surface area contributed by atoms with Crippen LogP contribution in [0.3, 0.4) is 0 Å². The highest BCUT2D eigenvalue weighted by atomic mass is 35.5. The van der Waals surface area contributed by atoms with Crippen molar-refractivity contribution in [1.29, 1.82) is 0 Å². The molecule has 0 aromatic heterocycles. The van der Waals surface area contributed by atoms with Gasteiger partial charge in [0.1, 0.15) is 6.54 Å². The third kappa shape index (κ3) is 4.97. The zero-order valence-electron chi connectivity index (χ0n) is 9.48. The molecule has 0 fully saturated rings. The van der Waals surface area contributed by atoms with Crippen molar-refractivity contribution in [3.05, 3.63) is 34.9 Å². The summed E-state index contributed by atoms with van der Waals surface area (Å²) in [5.41, 5.74) is 0.477. The largest absolute Gasteiger partial charge is 0.480 e. The average Bonchev–Trinajstić information content (AvgIpc) is 2.34. The fourth-order valence-electron chi connectivity index (χ4n) is 1.27. The molecule has 0 unspecified atom stereocenters. The number of hydrogen-bond acceptors (Lipinski definition) is 3. The Labute approximate surface area is 109 Å². The van der Waals surface area contributed by atoms with E-state index in [0.29, 0.717) is 10.6 Å². The smallest absolute Gasteiger partial charge is 0.322 e. The maximum Gasteiger partial charge on any atom is 0.322 e. The molecular weight excluding hydrogens is 258 g/mol. The quantitative estimate of drug-likeness (QED) is 0.767. The Bertz CT molecular complexity index is 456. The number of carbonyl (C=O) groups excluding carboxylic acids is 2. The van der Waals surface area contributed by atoms with E-state index >= 15 is 0 Å². The van der Waals surface area contributed by atoms with Crippen LogP contribution in [0.5, 0.6) is 0 Å². The van der Waals surface area contributed by atoms with Crippen molar-refractivity contribution < 1.29 is 19.5 Å². The Morgan fingerprint density at radius 3 is 2.28 bits per heavy atom. The average molecular weight is 270 g/mol. The van der Waals surface area contributed by atoms with Crippen LogP contribution in [0.1, 0.15) is 23.2 Å².